The van der Waals surface area contributed by atoms with E-state index in [0.717, 1.165) is 0 Å². The Kier molecular flexibility index (Phi) is 6.94. The van der Waals surface area contributed by atoms with Gasteiger partial charge in [-0.3, -0.25) is 15.6 Å². The lowest BCUT2D eigenvalue weighted by Gasteiger charge is -2.34. The summed E-state index contributed by atoms with van der Waals surface area (Å²) in [4.78, 5) is 10.5. The molecule has 0 aromatic heterocycles. The Balaban J connectivity index is 2.11. The molecule has 0 saturated heterocycles. The number of halogens is 3. The Morgan fingerprint density at radius 3 is 2.50 bits per heavy atom. The van der Waals surface area contributed by atoms with E-state index >= 15 is 0 Å². The minimum atomic E-state index is -4.77. The van der Waals surface area contributed by atoms with Crippen molar-refractivity contribution < 1.29 is 17.9 Å². The summed E-state index contributed by atoms with van der Waals surface area (Å²) >= 11 is 4.67. The standard InChI is InChI=1S/C16H20F3N7OS/c1-26(2)16(21-7-11(8-22-16)9-24-25-14(20)28)23-10-12-5-3-4-6-13(12)27-15(17,18)19/h3-9,23-24H,10H2,1-2H3,(H3,20,25,28). The van der Waals surface area contributed by atoms with Crippen molar-refractivity contribution in [1.29, 1.82) is 0 Å². The molecule has 152 valence electrons. The van der Waals surface area contributed by atoms with Crippen LogP contribution < -0.4 is 26.6 Å². The number of aliphatic imine (C=N–C) groups is 2. The summed E-state index contributed by atoms with van der Waals surface area (Å²) in [6.45, 7) is 0.0411. The van der Waals surface area contributed by atoms with Crippen LogP contribution in [0, 0.1) is 0 Å². The lowest BCUT2D eigenvalue weighted by atomic mass is 10.2. The first-order valence-electron chi connectivity index (χ1n) is 7.99. The number of hydrogen-bond acceptors (Lipinski definition) is 7. The summed E-state index contributed by atoms with van der Waals surface area (Å²) in [7, 11) is 3.47. The topological polar surface area (TPSA) is 99.3 Å². The number of benzene rings is 1. The van der Waals surface area contributed by atoms with Gasteiger partial charge in [-0.15, -0.1) is 13.2 Å². The van der Waals surface area contributed by atoms with E-state index < -0.39 is 12.3 Å². The molecule has 0 bridgehead atoms. The van der Waals surface area contributed by atoms with Crippen LogP contribution in [0.15, 0.2) is 46.0 Å². The Labute approximate surface area is 165 Å². The van der Waals surface area contributed by atoms with Crippen molar-refractivity contribution in [3.05, 3.63) is 41.6 Å². The Morgan fingerprint density at radius 2 is 1.93 bits per heavy atom. The van der Waals surface area contributed by atoms with E-state index in [1.807, 2.05) is 0 Å². The van der Waals surface area contributed by atoms with E-state index in [9.17, 15) is 13.2 Å². The number of nitrogens with two attached hydrogens (primary N) is 1. The van der Waals surface area contributed by atoms with Crippen LogP contribution in [0.3, 0.4) is 0 Å². The van der Waals surface area contributed by atoms with Gasteiger partial charge < -0.3 is 15.9 Å². The molecule has 2 rings (SSSR count). The molecule has 0 atom stereocenters. The van der Waals surface area contributed by atoms with Crippen LogP contribution in [0.5, 0.6) is 5.75 Å². The minimum Gasteiger partial charge on any atom is -0.405 e. The van der Waals surface area contributed by atoms with Gasteiger partial charge in [0.25, 0.3) is 5.91 Å². The van der Waals surface area contributed by atoms with Crippen molar-refractivity contribution in [2.75, 3.05) is 14.1 Å². The van der Waals surface area contributed by atoms with Crippen molar-refractivity contribution in [3.63, 3.8) is 0 Å². The van der Waals surface area contributed by atoms with E-state index in [2.05, 4.69) is 43.1 Å². The first kappa shape index (κ1) is 21.6. The van der Waals surface area contributed by atoms with E-state index in [1.165, 1.54) is 18.2 Å². The summed E-state index contributed by atoms with van der Waals surface area (Å²) in [5.74, 6) is -1.46. The predicted octanol–water partition coefficient (Wildman–Crippen LogP) is 1.22. The molecular weight excluding hydrogens is 395 g/mol. The molecule has 0 spiro atoms. The summed E-state index contributed by atoms with van der Waals surface area (Å²) in [5.41, 5.74) is 11.5. The lowest BCUT2D eigenvalue weighted by molar-refractivity contribution is -0.274. The van der Waals surface area contributed by atoms with E-state index in [1.54, 1.807) is 43.7 Å². The van der Waals surface area contributed by atoms with Crippen molar-refractivity contribution in [2.24, 2.45) is 15.7 Å². The van der Waals surface area contributed by atoms with Crippen molar-refractivity contribution >= 4 is 29.8 Å². The van der Waals surface area contributed by atoms with Crippen molar-refractivity contribution in [1.82, 2.24) is 21.1 Å². The molecule has 0 amide bonds. The van der Waals surface area contributed by atoms with Crippen LogP contribution in [0.25, 0.3) is 0 Å². The van der Waals surface area contributed by atoms with Gasteiger partial charge in [0.05, 0.1) is 0 Å². The molecular formula is C16H20F3N7OS. The SMILES string of the molecule is CN(C)C1(NCc2ccccc2OC(F)(F)F)N=CC(=CNNC(N)=S)C=N1. The zero-order valence-corrected chi connectivity index (χ0v) is 15.9. The number of hydrazine groups is 1. The van der Waals surface area contributed by atoms with E-state index in [4.69, 9.17) is 5.73 Å². The molecule has 8 nitrogen and oxygen atoms in total. The number of nitrogens with zero attached hydrogens (tertiary/aromatic N) is 3. The summed E-state index contributed by atoms with van der Waals surface area (Å²) in [6.07, 6.45) is -0.125. The zero-order chi connectivity index (χ0) is 20.8. The highest BCUT2D eigenvalue weighted by molar-refractivity contribution is 7.80. The third kappa shape index (κ3) is 6.18. The summed E-state index contributed by atoms with van der Waals surface area (Å²) in [5, 5.41) is 3.13. The third-order valence-electron chi connectivity index (χ3n) is 3.56. The van der Waals surface area contributed by atoms with Gasteiger partial charge in [-0.2, -0.15) is 0 Å². The highest BCUT2D eigenvalue weighted by Gasteiger charge is 2.34. The number of allylic oxidation sites excluding steroid dienone is 1. The number of ether oxygens (including phenoxy) is 1. The van der Waals surface area contributed by atoms with Gasteiger partial charge in [0, 0.05) is 36.3 Å². The number of hydrogen-bond donors (Lipinski definition) is 4. The largest absolute Gasteiger partial charge is 0.573 e. The van der Waals surface area contributed by atoms with Gasteiger partial charge in [0.1, 0.15) is 5.75 Å². The normalized spacial score (nSPS) is 18.9. The maximum atomic E-state index is 12.6. The molecule has 1 aromatic rings. The molecule has 28 heavy (non-hydrogen) atoms. The number of para-hydroxylation sites is 1. The second-order valence-electron chi connectivity index (χ2n) is 5.83. The quantitative estimate of drug-likeness (QED) is 0.302. The van der Waals surface area contributed by atoms with Gasteiger partial charge in [0.2, 0.25) is 0 Å². The molecule has 1 aliphatic heterocycles. The van der Waals surface area contributed by atoms with E-state index in [-0.39, 0.29) is 17.4 Å². The van der Waals surface area contributed by atoms with Gasteiger partial charge in [0.15, 0.2) is 5.11 Å². The van der Waals surface area contributed by atoms with Gasteiger partial charge in [-0.25, -0.2) is 9.98 Å². The lowest BCUT2D eigenvalue weighted by Crippen LogP contribution is -2.54. The average molecular weight is 415 g/mol. The highest BCUT2D eigenvalue weighted by atomic mass is 32.1. The fourth-order valence-corrected chi connectivity index (χ4v) is 2.29. The molecule has 0 unspecified atom stereocenters. The van der Waals surface area contributed by atoms with Crippen LogP contribution in [0.2, 0.25) is 0 Å². The fourth-order valence-electron chi connectivity index (χ4n) is 2.23. The van der Waals surface area contributed by atoms with Crippen LogP contribution in [0.1, 0.15) is 5.56 Å². The molecule has 0 fully saturated rings. The first-order valence-corrected chi connectivity index (χ1v) is 8.40. The molecule has 0 aliphatic carbocycles. The monoisotopic (exact) mass is 415 g/mol. The number of nitrogens with one attached hydrogen (secondary N) is 3. The molecule has 5 N–H and O–H groups in total. The third-order valence-corrected chi connectivity index (χ3v) is 3.66. The Hall–Kier alpha value is -2.70. The maximum Gasteiger partial charge on any atom is 0.573 e. The average Bonchev–Trinajstić information content (AvgIpc) is 2.60. The zero-order valence-electron chi connectivity index (χ0n) is 15.1. The molecule has 1 aromatic carbocycles. The second kappa shape index (κ2) is 8.99. The highest BCUT2D eigenvalue weighted by Crippen LogP contribution is 2.27. The van der Waals surface area contributed by atoms with Crippen LogP contribution in [-0.2, 0) is 6.54 Å². The Morgan fingerprint density at radius 1 is 1.29 bits per heavy atom. The smallest absolute Gasteiger partial charge is 0.405 e. The van der Waals surface area contributed by atoms with Crippen LogP contribution in [-0.4, -0.2) is 48.8 Å². The maximum absolute atomic E-state index is 12.6. The van der Waals surface area contributed by atoms with Crippen molar-refractivity contribution in [3.8, 4) is 5.75 Å². The van der Waals surface area contributed by atoms with Gasteiger partial charge in [-0.05, 0) is 32.4 Å². The minimum absolute atomic E-state index is 0.0411. The molecule has 12 heteroatoms. The van der Waals surface area contributed by atoms with Gasteiger partial charge in [-0.1, -0.05) is 18.2 Å². The van der Waals surface area contributed by atoms with Gasteiger partial charge >= 0.3 is 6.36 Å². The van der Waals surface area contributed by atoms with Crippen LogP contribution in [0.4, 0.5) is 13.2 Å². The summed E-state index contributed by atoms with van der Waals surface area (Å²) < 4.78 is 41.8. The Bertz CT molecular complexity index is 777. The molecule has 0 saturated carbocycles. The van der Waals surface area contributed by atoms with E-state index in [0.29, 0.717) is 11.1 Å². The number of thiocarbonyl (C=S) groups is 1. The predicted molar refractivity (Wildman–Crippen MR) is 105 cm³/mol. The first-order chi connectivity index (χ1) is 13.1. The van der Waals surface area contributed by atoms with Crippen LogP contribution >= 0.6 is 12.2 Å². The molecule has 0 radical (unpaired) electrons. The fraction of sp³-hybridized carbons (Fsp3) is 0.312. The summed E-state index contributed by atoms with van der Waals surface area (Å²) in [6, 6.07) is 5.87. The van der Waals surface area contributed by atoms with Crippen molar-refractivity contribution in [2.45, 2.75) is 18.8 Å². The number of alkyl halides is 3. The second-order valence-corrected chi connectivity index (χ2v) is 6.27. The molecule has 1 heterocycles. The number of rotatable bonds is 7. The molecule has 1 aliphatic rings.